The minimum absolute atomic E-state index is 0.0496. The lowest BCUT2D eigenvalue weighted by Crippen LogP contribution is -2.25. The lowest BCUT2D eigenvalue weighted by Gasteiger charge is -2.08. The fourth-order valence-corrected chi connectivity index (χ4v) is 2.20. The van der Waals surface area contributed by atoms with Crippen molar-refractivity contribution in [1.29, 1.82) is 0 Å². The van der Waals surface area contributed by atoms with E-state index in [2.05, 4.69) is 36.8 Å². The van der Waals surface area contributed by atoms with Crippen LogP contribution in [0.4, 0.5) is 0 Å². The van der Waals surface area contributed by atoms with Gasteiger partial charge in [-0.2, -0.15) is 17.7 Å². The van der Waals surface area contributed by atoms with Crippen molar-refractivity contribution < 1.29 is 0 Å². The third kappa shape index (κ3) is 2.89. The Hall–Kier alpha value is -1.55. The van der Waals surface area contributed by atoms with Gasteiger partial charge in [0.1, 0.15) is 0 Å². The number of nitrogens with zero attached hydrogens (tertiary/aromatic N) is 2. The highest BCUT2D eigenvalue weighted by atomic mass is 32.1. The highest BCUT2D eigenvalue weighted by Gasteiger charge is 2.08. The SMILES string of the molecule is CCc1ccc(-c2cc(CS)c(=O)n(CC)n2)cc1. The Morgan fingerprint density at radius 1 is 1.21 bits per heavy atom. The van der Waals surface area contributed by atoms with Gasteiger partial charge in [0, 0.05) is 23.4 Å². The van der Waals surface area contributed by atoms with Crippen molar-refractivity contribution in [1.82, 2.24) is 9.78 Å². The molecule has 1 aromatic carbocycles. The van der Waals surface area contributed by atoms with Crippen LogP contribution in [0.15, 0.2) is 35.1 Å². The van der Waals surface area contributed by atoms with Crippen LogP contribution >= 0.6 is 12.6 Å². The van der Waals surface area contributed by atoms with Crippen LogP contribution in [0.5, 0.6) is 0 Å². The van der Waals surface area contributed by atoms with Crippen molar-refractivity contribution in [3.8, 4) is 11.3 Å². The Morgan fingerprint density at radius 3 is 2.42 bits per heavy atom. The molecule has 0 atom stereocenters. The van der Waals surface area contributed by atoms with Gasteiger partial charge in [-0.3, -0.25) is 4.79 Å². The minimum Gasteiger partial charge on any atom is -0.267 e. The van der Waals surface area contributed by atoms with E-state index in [-0.39, 0.29) is 5.56 Å². The summed E-state index contributed by atoms with van der Waals surface area (Å²) in [4.78, 5) is 12.0. The third-order valence-corrected chi connectivity index (χ3v) is 3.52. The van der Waals surface area contributed by atoms with Crippen LogP contribution in [0.1, 0.15) is 25.0 Å². The molecule has 1 aromatic heterocycles. The number of aryl methyl sites for hydroxylation is 2. The summed E-state index contributed by atoms with van der Waals surface area (Å²) in [5, 5.41) is 4.40. The normalized spacial score (nSPS) is 10.7. The summed E-state index contributed by atoms with van der Waals surface area (Å²) in [6, 6.07) is 10.1. The molecule has 0 spiro atoms. The van der Waals surface area contributed by atoms with Crippen LogP contribution in [-0.2, 0) is 18.7 Å². The van der Waals surface area contributed by atoms with Gasteiger partial charge in [-0.05, 0) is 25.0 Å². The monoisotopic (exact) mass is 274 g/mol. The first-order valence-electron chi connectivity index (χ1n) is 6.50. The molecule has 0 radical (unpaired) electrons. The molecule has 0 N–H and O–H groups in total. The highest BCUT2D eigenvalue weighted by Crippen LogP contribution is 2.18. The summed E-state index contributed by atoms with van der Waals surface area (Å²) in [6.45, 7) is 4.62. The van der Waals surface area contributed by atoms with Crippen LogP contribution in [0.2, 0.25) is 0 Å². The fourth-order valence-electron chi connectivity index (χ4n) is 1.98. The van der Waals surface area contributed by atoms with Crippen LogP contribution in [0.25, 0.3) is 11.3 Å². The predicted octanol–water partition coefficient (Wildman–Crippen LogP) is 2.92. The van der Waals surface area contributed by atoms with Gasteiger partial charge in [0.2, 0.25) is 0 Å². The van der Waals surface area contributed by atoms with Crippen LogP contribution in [0, 0.1) is 0 Å². The molecule has 0 bridgehead atoms. The van der Waals surface area contributed by atoms with E-state index in [1.54, 1.807) is 0 Å². The Labute approximate surface area is 118 Å². The molecule has 4 heteroatoms. The lowest BCUT2D eigenvalue weighted by atomic mass is 10.1. The molecule has 2 aromatic rings. The number of hydrogen-bond acceptors (Lipinski definition) is 3. The number of rotatable bonds is 4. The summed E-state index contributed by atoms with van der Waals surface area (Å²) in [6.07, 6.45) is 1.02. The van der Waals surface area contributed by atoms with E-state index in [0.717, 1.165) is 17.7 Å². The molecule has 0 aliphatic heterocycles. The topological polar surface area (TPSA) is 34.9 Å². The first kappa shape index (κ1) is 13.9. The van der Waals surface area contributed by atoms with Gasteiger partial charge in [-0.1, -0.05) is 31.2 Å². The maximum Gasteiger partial charge on any atom is 0.270 e. The van der Waals surface area contributed by atoms with Gasteiger partial charge in [-0.25, -0.2) is 4.68 Å². The second kappa shape index (κ2) is 6.06. The molecule has 0 amide bonds. The standard InChI is InChI=1S/C15H18N2OS/c1-3-11-5-7-12(8-6-11)14-9-13(10-19)15(18)17(4-2)16-14/h5-9,19H,3-4,10H2,1-2H3. The third-order valence-electron chi connectivity index (χ3n) is 3.18. The Bertz CT molecular complexity index is 589. The molecule has 19 heavy (non-hydrogen) atoms. The average Bonchev–Trinajstić information content (AvgIpc) is 2.47. The number of benzene rings is 1. The van der Waals surface area contributed by atoms with E-state index in [1.165, 1.54) is 10.2 Å². The van der Waals surface area contributed by atoms with Gasteiger partial charge < -0.3 is 0 Å². The molecule has 0 aliphatic rings. The smallest absolute Gasteiger partial charge is 0.267 e. The Morgan fingerprint density at radius 2 is 1.89 bits per heavy atom. The highest BCUT2D eigenvalue weighted by molar-refractivity contribution is 7.79. The molecule has 0 fully saturated rings. The maximum absolute atomic E-state index is 12.0. The van der Waals surface area contributed by atoms with Crippen molar-refractivity contribution in [3.63, 3.8) is 0 Å². The summed E-state index contributed by atoms with van der Waals surface area (Å²) in [7, 11) is 0. The molecule has 0 unspecified atom stereocenters. The summed E-state index contributed by atoms with van der Waals surface area (Å²) in [5.74, 6) is 0.432. The maximum atomic E-state index is 12.0. The molecule has 3 nitrogen and oxygen atoms in total. The predicted molar refractivity (Wildman–Crippen MR) is 81.7 cm³/mol. The van der Waals surface area contributed by atoms with Gasteiger partial charge in [0.25, 0.3) is 5.56 Å². The van der Waals surface area contributed by atoms with Crippen molar-refractivity contribution in [2.24, 2.45) is 0 Å². The largest absolute Gasteiger partial charge is 0.270 e. The zero-order valence-electron chi connectivity index (χ0n) is 11.3. The zero-order valence-corrected chi connectivity index (χ0v) is 12.2. The van der Waals surface area contributed by atoms with Gasteiger partial charge >= 0.3 is 0 Å². The zero-order chi connectivity index (χ0) is 13.8. The minimum atomic E-state index is -0.0496. The van der Waals surface area contributed by atoms with Crippen LogP contribution < -0.4 is 5.56 Å². The average molecular weight is 274 g/mol. The number of aromatic nitrogens is 2. The summed E-state index contributed by atoms with van der Waals surface area (Å²) in [5.41, 5.74) is 3.79. The number of thiol groups is 1. The van der Waals surface area contributed by atoms with Crippen molar-refractivity contribution in [3.05, 3.63) is 51.8 Å². The molecule has 2 rings (SSSR count). The summed E-state index contributed by atoms with van der Waals surface area (Å²) >= 11 is 4.22. The molecule has 1 heterocycles. The second-order valence-electron chi connectivity index (χ2n) is 4.38. The van der Waals surface area contributed by atoms with Crippen molar-refractivity contribution in [2.45, 2.75) is 32.6 Å². The van der Waals surface area contributed by atoms with Crippen LogP contribution in [0.3, 0.4) is 0 Å². The summed E-state index contributed by atoms with van der Waals surface area (Å²) < 4.78 is 1.49. The molecule has 0 aliphatic carbocycles. The second-order valence-corrected chi connectivity index (χ2v) is 4.70. The van der Waals surface area contributed by atoms with Crippen molar-refractivity contribution >= 4 is 12.6 Å². The fraction of sp³-hybridized carbons (Fsp3) is 0.333. The Balaban J connectivity index is 2.51. The van der Waals surface area contributed by atoms with Gasteiger partial charge in [-0.15, -0.1) is 0 Å². The Kier molecular flexibility index (Phi) is 4.43. The van der Waals surface area contributed by atoms with E-state index in [1.807, 2.05) is 25.1 Å². The number of hydrogen-bond donors (Lipinski definition) is 1. The lowest BCUT2D eigenvalue weighted by molar-refractivity contribution is 0.614. The molecule has 0 saturated heterocycles. The van der Waals surface area contributed by atoms with E-state index in [9.17, 15) is 4.79 Å². The molecular formula is C15H18N2OS. The molecule has 100 valence electrons. The van der Waals surface area contributed by atoms with E-state index in [0.29, 0.717) is 17.9 Å². The molecule has 0 saturated carbocycles. The van der Waals surface area contributed by atoms with Gasteiger partial charge in [0.05, 0.1) is 5.69 Å². The van der Waals surface area contributed by atoms with E-state index in [4.69, 9.17) is 0 Å². The van der Waals surface area contributed by atoms with Crippen molar-refractivity contribution in [2.75, 3.05) is 0 Å². The first-order chi connectivity index (χ1) is 9.19. The van der Waals surface area contributed by atoms with E-state index >= 15 is 0 Å². The van der Waals surface area contributed by atoms with Gasteiger partial charge in [0.15, 0.2) is 0 Å². The van der Waals surface area contributed by atoms with Crippen LogP contribution in [-0.4, -0.2) is 9.78 Å². The quantitative estimate of drug-likeness (QED) is 0.870. The van der Waals surface area contributed by atoms with E-state index < -0.39 is 0 Å². The molecular weight excluding hydrogens is 256 g/mol. The first-order valence-corrected chi connectivity index (χ1v) is 7.14.